The lowest BCUT2D eigenvalue weighted by molar-refractivity contribution is -0.289. The van der Waals surface area contributed by atoms with Crippen LogP contribution in [-0.4, -0.2) is 98.2 Å². The normalized spacial score (nSPS) is 24.3. The number of hydrogen-bond donors (Lipinski definition) is 8. The number of ketones is 1. The minimum atomic E-state index is -1.88. The summed E-state index contributed by atoms with van der Waals surface area (Å²) in [5, 5.41) is 80.0. The van der Waals surface area contributed by atoms with E-state index >= 15 is 0 Å². The van der Waals surface area contributed by atoms with Crippen LogP contribution in [-0.2, 0) is 9.47 Å². The molecule has 1 fully saturated rings. The van der Waals surface area contributed by atoms with Crippen molar-refractivity contribution in [2.75, 3.05) is 20.8 Å². The summed E-state index contributed by atoms with van der Waals surface area (Å²) in [5.41, 5.74) is -0.534. The summed E-state index contributed by atoms with van der Waals surface area (Å²) in [7, 11) is 2.47. The van der Waals surface area contributed by atoms with Gasteiger partial charge in [0, 0.05) is 17.7 Å². The molecule has 0 amide bonds. The van der Waals surface area contributed by atoms with Crippen molar-refractivity contribution < 1.29 is 64.6 Å². The van der Waals surface area contributed by atoms with Gasteiger partial charge in [-0.3, -0.25) is 4.79 Å². The maximum absolute atomic E-state index is 13.5. The molecule has 0 aliphatic carbocycles. The van der Waals surface area contributed by atoms with Crippen molar-refractivity contribution in [1.29, 1.82) is 0 Å². The topological polar surface area (TPSA) is 216 Å². The van der Waals surface area contributed by atoms with Crippen molar-refractivity contribution in [1.82, 2.24) is 0 Å². The number of allylic oxidation sites excluding steroid dienone is 1. The van der Waals surface area contributed by atoms with Crippen LogP contribution in [0, 0.1) is 0 Å². The van der Waals surface area contributed by atoms with Crippen LogP contribution < -0.4 is 9.47 Å². The highest BCUT2D eigenvalue weighted by Gasteiger charge is 2.45. The first-order valence-electron chi connectivity index (χ1n) is 10.5. The van der Waals surface area contributed by atoms with E-state index in [1.807, 2.05) is 0 Å². The van der Waals surface area contributed by atoms with Gasteiger partial charge in [-0.25, -0.2) is 0 Å². The number of hydrogen-bond acceptors (Lipinski definition) is 13. The van der Waals surface area contributed by atoms with Crippen LogP contribution in [0.3, 0.4) is 0 Å². The van der Waals surface area contributed by atoms with E-state index in [9.17, 15) is 45.6 Å². The molecule has 0 spiro atoms. The summed E-state index contributed by atoms with van der Waals surface area (Å²) in [5.74, 6) is -4.04. The van der Waals surface area contributed by atoms with Gasteiger partial charge in [-0.05, 0) is 18.2 Å². The third-order valence-electron chi connectivity index (χ3n) is 5.45. The first-order valence-corrected chi connectivity index (χ1v) is 10.5. The second-order valence-electron chi connectivity index (χ2n) is 7.78. The number of rotatable bonds is 8. The van der Waals surface area contributed by atoms with E-state index in [1.165, 1.54) is 14.2 Å². The zero-order valence-electron chi connectivity index (χ0n) is 19.1. The Kier molecular flexibility index (Phi) is 8.12. The molecular formula is C23H26O13. The molecule has 0 aromatic heterocycles. The molecule has 1 aliphatic rings. The molecule has 8 N–H and O–H groups in total. The fraction of sp³-hybridized carbons (Fsp3) is 0.348. The number of methoxy groups -OCH3 is 2. The number of phenolic OH excluding ortho intramolecular Hbond substituents is 4. The molecule has 0 radical (unpaired) electrons. The second kappa shape index (κ2) is 10.9. The number of benzene rings is 2. The smallest absolute Gasteiger partial charge is 0.229 e. The fourth-order valence-electron chi connectivity index (χ4n) is 3.50. The molecule has 13 nitrogen and oxygen atoms in total. The summed E-state index contributed by atoms with van der Waals surface area (Å²) in [6.07, 6.45) is -7.66. The van der Waals surface area contributed by atoms with Gasteiger partial charge >= 0.3 is 0 Å². The van der Waals surface area contributed by atoms with Crippen LogP contribution in [0.25, 0.3) is 6.08 Å². The number of carbonyl (C=O) groups is 1. The Morgan fingerprint density at radius 2 is 1.47 bits per heavy atom. The molecular weight excluding hydrogens is 484 g/mol. The van der Waals surface area contributed by atoms with Crippen LogP contribution in [0.15, 0.2) is 30.0 Å². The summed E-state index contributed by atoms with van der Waals surface area (Å²) in [6.45, 7) is -0.760. The van der Waals surface area contributed by atoms with Gasteiger partial charge in [0.1, 0.15) is 41.7 Å². The standard InChI is InChI=1S/C23H26O13/c1-33-14-3-9(4-15(34-2)19(14)29)18(28)16(7-11-12(26)5-10(25)6-13(11)27)35-23-22(32)21(31)20(30)17(8-24)36-23/h3-7,17,20-27,29-32H,8H2,1-2H3/b16-7-/t17-,20-,21+,22-,23-/m1/s1. The number of ether oxygens (including phenoxy) is 4. The first-order chi connectivity index (χ1) is 17.0. The first kappa shape index (κ1) is 26.8. The Morgan fingerprint density at radius 1 is 0.917 bits per heavy atom. The number of Topliss-reactive ketones (excluding diaryl/α,β-unsaturated/α-hetero) is 1. The minimum Gasteiger partial charge on any atom is -0.508 e. The number of aromatic hydroxyl groups is 4. The number of aliphatic hydroxyl groups is 4. The zero-order chi connectivity index (χ0) is 26.7. The van der Waals surface area contributed by atoms with Gasteiger partial charge in [0.15, 0.2) is 17.3 Å². The molecule has 0 unspecified atom stereocenters. The molecule has 1 saturated heterocycles. The van der Waals surface area contributed by atoms with E-state index < -0.39 is 71.9 Å². The van der Waals surface area contributed by atoms with E-state index in [1.54, 1.807) is 0 Å². The largest absolute Gasteiger partial charge is 0.508 e. The van der Waals surface area contributed by atoms with Gasteiger partial charge in [-0.15, -0.1) is 0 Å². The lowest BCUT2D eigenvalue weighted by atomic mass is 9.99. The monoisotopic (exact) mass is 510 g/mol. The SMILES string of the molecule is COc1cc(C(=O)/C(=C/c2c(O)cc(O)cc2O)O[C@@H]2O[C@H](CO)[C@@H](O)[C@H](O)[C@H]2O)cc(OC)c1O. The maximum Gasteiger partial charge on any atom is 0.229 e. The zero-order valence-corrected chi connectivity index (χ0v) is 19.1. The van der Waals surface area contributed by atoms with Crippen LogP contribution in [0.5, 0.6) is 34.5 Å². The Bertz CT molecular complexity index is 1090. The molecule has 2 aromatic rings. The predicted octanol–water partition coefficient (Wildman–Crippen LogP) is -0.433. The molecule has 5 atom stereocenters. The van der Waals surface area contributed by atoms with Gasteiger partial charge in [0.25, 0.3) is 0 Å². The van der Waals surface area contributed by atoms with Crippen molar-refractivity contribution in [2.45, 2.75) is 30.7 Å². The summed E-state index contributed by atoms with van der Waals surface area (Å²) >= 11 is 0. The van der Waals surface area contributed by atoms with Crippen molar-refractivity contribution in [3.8, 4) is 34.5 Å². The van der Waals surface area contributed by atoms with E-state index in [-0.39, 0.29) is 22.6 Å². The predicted molar refractivity (Wildman–Crippen MR) is 120 cm³/mol. The number of carbonyl (C=O) groups excluding carboxylic acids is 1. The Balaban J connectivity index is 2.12. The van der Waals surface area contributed by atoms with Crippen molar-refractivity contribution >= 4 is 11.9 Å². The highest BCUT2D eigenvalue weighted by molar-refractivity contribution is 6.10. The molecule has 3 rings (SSSR count). The maximum atomic E-state index is 13.5. The Labute approximate surface area is 204 Å². The van der Waals surface area contributed by atoms with Crippen molar-refractivity contribution in [3.05, 3.63) is 41.2 Å². The lowest BCUT2D eigenvalue weighted by Gasteiger charge is -2.39. The number of phenols is 4. The van der Waals surface area contributed by atoms with Crippen LogP contribution in [0.4, 0.5) is 0 Å². The molecule has 0 bridgehead atoms. The highest BCUT2D eigenvalue weighted by Crippen LogP contribution is 2.39. The molecule has 1 heterocycles. The molecule has 1 aliphatic heterocycles. The van der Waals surface area contributed by atoms with Crippen molar-refractivity contribution in [3.63, 3.8) is 0 Å². The second-order valence-corrected chi connectivity index (χ2v) is 7.78. The van der Waals surface area contributed by atoms with E-state index in [0.717, 1.165) is 30.3 Å². The lowest BCUT2D eigenvalue weighted by Crippen LogP contribution is -2.59. The third-order valence-corrected chi connectivity index (χ3v) is 5.45. The molecule has 0 saturated carbocycles. The molecule has 196 valence electrons. The highest BCUT2D eigenvalue weighted by atomic mass is 16.7. The Hall–Kier alpha value is -3.75. The molecule has 13 heteroatoms. The average molecular weight is 510 g/mol. The summed E-state index contributed by atoms with van der Waals surface area (Å²) < 4.78 is 20.9. The minimum absolute atomic E-state index is 0.139. The van der Waals surface area contributed by atoms with Crippen molar-refractivity contribution in [2.24, 2.45) is 0 Å². The number of aliphatic hydroxyl groups excluding tert-OH is 4. The van der Waals surface area contributed by atoms with E-state index in [2.05, 4.69) is 0 Å². The van der Waals surface area contributed by atoms with E-state index in [0.29, 0.717) is 0 Å². The van der Waals surface area contributed by atoms with Crippen LogP contribution in [0.2, 0.25) is 0 Å². The van der Waals surface area contributed by atoms with Crippen LogP contribution in [0.1, 0.15) is 15.9 Å². The summed E-state index contributed by atoms with van der Waals surface area (Å²) in [6, 6.07) is 4.05. The fourth-order valence-corrected chi connectivity index (χ4v) is 3.50. The van der Waals surface area contributed by atoms with E-state index in [4.69, 9.17) is 18.9 Å². The van der Waals surface area contributed by atoms with Crippen LogP contribution >= 0.6 is 0 Å². The Morgan fingerprint density at radius 3 is 1.97 bits per heavy atom. The van der Waals surface area contributed by atoms with Gasteiger partial charge in [0.2, 0.25) is 17.8 Å². The molecule has 36 heavy (non-hydrogen) atoms. The molecule has 2 aromatic carbocycles. The quantitative estimate of drug-likeness (QED) is 0.129. The summed E-state index contributed by atoms with van der Waals surface area (Å²) in [4.78, 5) is 13.5. The van der Waals surface area contributed by atoms with Gasteiger partial charge < -0.3 is 59.8 Å². The third kappa shape index (κ3) is 5.24. The van der Waals surface area contributed by atoms with Gasteiger partial charge in [-0.2, -0.15) is 0 Å². The average Bonchev–Trinajstić information content (AvgIpc) is 2.85. The van der Waals surface area contributed by atoms with Gasteiger partial charge in [-0.1, -0.05) is 0 Å². The van der Waals surface area contributed by atoms with Gasteiger partial charge in [0.05, 0.1) is 26.4 Å².